The fourth-order valence-corrected chi connectivity index (χ4v) is 2.62. The Kier molecular flexibility index (Phi) is 4.80. The van der Waals surface area contributed by atoms with E-state index < -0.39 is 0 Å². The molecule has 7 heteroatoms. The average molecular weight is 356 g/mol. The van der Waals surface area contributed by atoms with Gasteiger partial charge in [-0.05, 0) is 37.1 Å². The van der Waals surface area contributed by atoms with Gasteiger partial charge in [-0.15, -0.1) is 0 Å². The van der Waals surface area contributed by atoms with E-state index in [4.69, 9.17) is 13.8 Å². The minimum absolute atomic E-state index is 0.126. The molecule has 0 amide bonds. The monoisotopic (exact) mass is 356 g/mol. The van der Waals surface area contributed by atoms with E-state index in [1.807, 2.05) is 26.0 Å². The molecule has 26 heavy (non-hydrogen) atoms. The van der Waals surface area contributed by atoms with E-state index in [0.29, 0.717) is 36.5 Å². The minimum atomic E-state index is -0.126. The SMILES string of the molecule is Cc1nc(-c2cc(C)c(OCCc3nc(C(C)(C)C)no3)c(C)c2)no1. The van der Waals surface area contributed by atoms with E-state index >= 15 is 0 Å². The summed E-state index contributed by atoms with van der Waals surface area (Å²) in [6.45, 7) is 12.4. The topological polar surface area (TPSA) is 87.1 Å². The molecule has 2 heterocycles. The number of hydrogen-bond acceptors (Lipinski definition) is 7. The van der Waals surface area contributed by atoms with Crippen molar-refractivity contribution in [3.63, 3.8) is 0 Å². The van der Waals surface area contributed by atoms with Crippen LogP contribution in [0.3, 0.4) is 0 Å². The summed E-state index contributed by atoms with van der Waals surface area (Å²) in [5.74, 6) is 3.28. The molecule has 3 rings (SSSR count). The van der Waals surface area contributed by atoms with Gasteiger partial charge in [0, 0.05) is 17.9 Å². The van der Waals surface area contributed by atoms with Crippen LogP contribution in [0.25, 0.3) is 11.4 Å². The van der Waals surface area contributed by atoms with Crippen LogP contribution in [0.1, 0.15) is 49.5 Å². The van der Waals surface area contributed by atoms with E-state index in [9.17, 15) is 0 Å². The van der Waals surface area contributed by atoms with Crippen molar-refractivity contribution in [1.29, 1.82) is 0 Å². The van der Waals surface area contributed by atoms with Gasteiger partial charge in [0.2, 0.25) is 17.6 Å². The smallest absolute Gasteiger partial charge is 0.230 e. The van der Waals surface area contributed by atoms with Crippen LogP contribution in [0.4, 0.5) is 0 Å². The van der Waals surface area contributed by atoms with Crippen LogP contribution in [0.5, 0.6) is 5.75 Å². The van der Waals surface area contributed by atoms with Gasteiger partial charge in [-0.2, -0.15) is 9.97 Å². The van der Waals surface area contributed by atoms with Crippen molar-refractivity contribution in [3.8, 4) is 17.1 Å². The number of rotatable bonds is 5. The van der Waals surface area contributed by atoms with Crippen LogP contribution < -0.4 is 4.74 Å². The summed E-state index contributed by atoms with van der Waals surface area (Å²) in [6, 6.07) is 3.99. The Balaban J connectivity index is 1.67. The first kappa shape index (κ1) is 18.1. The molecule has 0 N–H and O–H groups in total. The maximum absolute atomic E-state index is 5.97. The highest BCUT2D eigenvalue weighted by molar-refractivity contribution is 5.60. The molecule has 0 atom stereocenters. The summed E-state index contributed by atoms with van der Waals surface area (Å²) < 4.78 is 16.3. The largest absolute Gasteiger partial charge is 0.493 e. The lowest BCUT2D eigenvalue weighted by molar-refractivity contribution is 0.288. The van der Waals surface area contributed by atoms with E-state index in [0.717, 1.165) is 22.4 Å². The Labute approximate surface area is 152 Å². The molecular weight excluding hydrogens is 332 g/mol. The van der Waals surface area contributed by atoms with E-state index in [2.05, 4.69) is 41.1 Å². The van der Waals surface area contributed by atoms with E-state index in [1.165, 1.54) is 0 Å². The van der Waals surface area contributed by atoms with Gasteiger partial charge in [0.1, 0.15) is 5.75 Å². The van der Waals surface area contributed by atoms with Crippen LogP contribution in [-0.2, 0) is 11.8 Å². The summed E-state index contributed by atoms with van der Waals surface area (Å²) in [5, 5.41) is 8.00. The Bertz CT molecular complexity index is 883. The van der Waals surface area contributed by atoms with Crippen molar-refractivity contribution in [2.75, 3.05) is 6.61 Å². The molecule has 0 saturated heterocycles. The van der Waals surface area contributed by atoms with Gasteiger partial charge in [-0.1, -0.05) is 31.1 Å². The molecule has 1 aromatic carbocycles. The highest BCUT2D eigenvalue weighted by Gasteiger charge is 2.21. The van der Waals surface area contributed by atoms with Crippen LogP contribution in [0.2, 0.25) is 0 Å². The zero-order valence-corrected chi connectivity index (χ0v) is 16.1. The van der Waals surface area contributed by atoms with E-state index in [1.54, 1.807) is 6.92 Å². The third-order valence-corrected chi connectivity index (χ3v) is 3.95. The molecule has 138 valence electrons. The molecule has 0 unspecified atom stereocenters. The lowest BCUT2D eigenvalue weighted by Gasteiger charge is -2.12. The van der Waals surface area contributed by atoms with Crippen LogP contribution in [-0.4, -0.2) is 26.9 Å². The Morgan fingerprint density at radius 1 is 0.962 bits per heavy atom. The first-order valence-electron chi connectivity index (χ1n) is 8.62. The van der Waals surface area contributed by atoms with Gasteiger partial charge >= 0.3 is 0 Å². The first-order valence-corrected chi connectivity index (χ1v) is 8.62. The number of hydrogen-bond donors (Lipinski definition) is 0. The average Bonchev–Trinajstić information content (AvgIpc) is 3.18. The second-order valence-electron chi connectivity index (χ2n) is 7.44. The maximum Gasteiger partial charge on any atom is 0.230 e. The quantitative estimate of drug-likeness (QED) is 0.683. The minimum Gasteiger partial charge on any atom is -0.493 e. The Morgan fingerprint density at radius 2 is 1.65 bits per heavy atom. The third-order valence-electron chi connectivity index (χ3n) is 3.95. The van der Waals surface area contributed by atoms with Crippen molar-refractivity contribution in [1.82, 2.24) is 20.3 Å². The fraction of sp³-hybridized carbons (Fsp3) is 0.474. The predicted molar refractivity (Wildman–Crippen MR) is 96.1 cm³/mol. The van der Waals surface area contributed by atoms with Crippen LogP contribution >= 0.6 is 0 Å². The van der Waals surface area contributed by atoms with Gasteiger partial charge < -0.3 is 13.8 Å². The summed E-state index contributed by atoms with van der Waals surface area (Å²) in [6.07, 6.45) is 0.563. The van der Waals surface area contributed by atoms with Crippen molar-refractivity contribution in [3.05, 3.63) is 40.9 Å². The second kappa shape index (κ2) is 6.90. The standard InChI is InChI=1S/C19H24N4O3/c1-11-9-14(17-20-13(3)25-22-17)10-12(2)16(11)24-8-7-15-21-18(23-26-15)19(4,5)6/h9-10H,7-8H2,1-6H3. The van der Waals surface area contributed by atoms with Crippen LogP contribution in [0, 0.1) is 20.8 Å². The number of benzene rings is 1. The second-order valence-corrected chi connectivity index (χ2v) is 7.44. The van der Waals surface area contributed by atoms with Crippen molar-refractivity contribution >= 4 is 0 Å². The van der Waals surface area contributed by atoms with Crippen molar-refractivity contribution < 1.29 is 13.8 Å². The zero-order valence-electron chi connectivity index (χ0n) is 16.1. The van der Waals surface area contributed by atoms with Gasteiger partial charge in [-0.3, -0.25) is 0 Å². The number of aromatic nitrogens is 4. The van der Waals surface area contributed by atoms with Crippen molar-refractivity contribution in [2.45, 2.75) is 53.4 Å². The molecule has 3 aromatic rings. The molecule has 7 nitrogen and oxygen atoms in total. The zero-order chi connectivity index (χ0) is 18.9. The molecule has 0 fully saturated rings. The summed E-state index contributed by atoms with van der Waals surface area (Å²) in [5.41, 5.74) is 2.82. The molecule has 0 saturated carbocycles. The fourth-order valence-electron chi connectivity index (χ4n) is 2.62. The summed E-state index contributed by atoms with van der Waals surface area (Å²) in [4.78, 5) is 8.70. The Hall–Kier alpha value is -2.70. The van der Waals surface area contributed by atoms with Gasteiger partial charge in [0.25, 0.3) is 0 Å². The van der Waals surface area contributed by atoms with Gasteiger partial charge in [-0.25, -0.2) is 0 Å². The molecule has 2 aromatic heterocycles. The number of aryl methyl sites for hydroxylation is 3. The first-order chi connectivity index (χ1) is 12.2. The Morgan fingerprint density at radius 3 is 2.19 bits per heavy atom. The third kappa shape index (κ3) is 3.92. The highest BCUT2D eigenvalue weighted by Crippen LogP contribution is 2.29. The summed E-state index contributed by atoms with van der Waals surface area (Å²) >= 11 is 0. The number of nitrogens with zero attached hydrogens (tertiary/aromatic N) is 4. The lowest BCUT2D eigenvalue weighted by atomic mass is 9.96. The molecule has 0 radical (unpaired) electrons. The predicted octanol–water partition coefficient (Wildman–Crippen LogP) is 3.96. The molecule has 0 aliphatic carbocycles. The van der Waals surface area contributed by atoms with Gasteiger partial charge in [0.05, 0.1) is 13.0 Å². The lowest BCUT2D eigenvalue weighted by Crippen LogP contribution is -2.13. The molecule has 0 aliphatic heterocycles. The molecule has 0 bridgehead atoms. The van der Waals surface area contributed by atoms with Crippen molar-refractivity contribution in [2.24, 2.45) is 0 Å². The molecular formula is C19H24N4O3. The maximum atomic E-state index is 5.97. The van der Waals surface area contributed by atoms with Crippen LogP contribution in [0.15, 0.2) is 21.2 Å². The van der Waals surface area contributed by atoms with E-state index in [-0.39, 0.29) is 5.41 Å². The normalized spacial score (nSPS) is 11.8. The molecule has 0 spiro atoms. The molecule has 0 aliphatic rings. The summed E-state index contributed by atoms with van der Waals surface area (Å²) in [7, 11) is 0. The number of ether oxygens (including phenoxy) is 1. The highest BCUT2D eigenvalue weighted by atomic mass is 16.5. The van der Waals surface area contributed by atoms with Gasteiger partial charge in [0.15, 0.2) is 5.82 Å².